The fraction of sp³-hybridized carbons (Fsp3) is 0. The lowest BCUT2D eigenvalue weighted by molar-refractivity contribution is -0.113. The lowest BCUT2D eigenvalue weighted by Gasteiger charge is -2.08. The molecule has 1 aliphatic heterocycles. The molecular formula is C9H4ClNO4. The number of rotatable bonds is 0. The van der Waals surface area contributed by atoms with E-state index in [0.717, 1.165) is 0 Å². The standard InChI is InChI=1S/C9H4ClNO4/c10-4-1-2-5-6(3-4)11(9(14)15)8(13)7(5)12/h1-3H,(H,14,15). The fourth-order valence-corrected chi connectivity index (χ4v) is 1.56. The Morgan fingerprint density at radius 2 is 2.00 bits per heavy atom. The fourth-order valence-electron chi connectivity index (χ4n) is 1.40. The van der Waals surface area contributed by atoms with Crippen LogP contribution in [0.2, 0.25) is 5.02 Å². The second kappa shape index (κ2) is 3.06. The van der Waals surface area contributed by atoms with Gasteiger partial charge in [0.1, 0.15) is 0 Å². The van der Waals surface area contributed by atoms with Gasteiger partial charge in [-0.15, -0.1) is 0 Å². The Bertz CT molecular complexity index is 497. The van der Waals surface area contributed by atoms with Crippen molar-refractivity contribution in [3.63, 3.8) is 0 Å². The van der Waals surface area contributed by atoms with Crippen molar-refractivity contribution in [2.75, 3.05) is 4.90 Å². The van der Waals surface area contributed by atoms with Crippen molar-refractivity contribution in [3.8, 4) is 0 Å². The van der Waals surface area contributed by atoms with Crippen LogP contribution in [0.25, 0.3) is 0 Å². The molecule has 0 unspecified atom stereocenters. The summed E-state index contributed by atoms with van der Waals surface area (Å²) < 4.78 is 0. The normalized spacial score (nSPS) is 14.3. The van der Waals surface area contributed by atoms with E-state index < -0.39 is 17.8 Å². The summed E-state index contributed by atoms with van der Waals surface area (Å²) in [6.45, 7) is 0. The van der Waals surface area contributed by atoms with Crippen LogP contribution in [0.5, 0.6) is 0 Å². The van der Waals surface area contributed by atoms with E-state index in [9.17, 15) is 14.4 Å². The van der Waals surface area contributed by atoms with Gasteiger partial charge in [0.25, 0.3) is 5.78 Å². The van der Waals surface area contributed by atoms with Gasteiger partial charge >= 0.3 is 12.0 Å². The number of carbonyl (C=O) groups excluding carboxylic acids is 2. The zero-order valence-corrected chi connectivity index (χ0v) is 7.99. The Labute approximate surface area is 88.9 Å². The van der Waals surface area contributed by atoms with E-state index in [2.05, 4.69) is 0 Å². The highest BCUT2D eigenvalue weighted by atomic mass is 35.5. The number of hydrogen-bond donors (Lipinski definition) is 1. The molecule has 0 bridgehead atoms. The third kappa shape index (κ3) is 1.28. The van der Waals surface area contributed by atoms with Gasteiger partial charge in [-0.3, -0.25) is 9.59 Å². The second-order valence-corrected chi connectivity index (χ2v) is 3.35. The Morgan fingerprint density at radius 1 is 1.33 bits per heavy atom. The quantitative estimate of drug-likeness (QED) is 0.680. The van der Waals surface area contributed by atoms with Gasteiger partial charge < -0.3 is 5.11 Å². The Hall–Kier alpha value is -1.88. The van der Waals surface area contributed by atoms with Crippen molar-refractivity contribution in [1.82, 2.24) is 0 Å². The molecule has 0 saturated heterocycles. The monoisotopic (exact) mass is 225 g/mol. The molecule has 0 saturated carbocycles. The molecule has 0 aliphatic carbocycles. The SMILES string of the molecule is O=C1C(=O)N(C(=O)O)c2cc(Cl)ccc21. The number of ketones is 1. The minimum atomic E-state index is -1.49. The average Bonchev–Trinajstić information content (AvgIpc) is 2.39. The zero-order chi connectivity index (χ0) is 11.2. The molecule has 0 atom stereocenters. The summed E-state index contributed by atoms with van der Waals surface area (Å²) in [5.74, 6) is -1.90. The van der Waals surface area contributed by atoms with Gasteiger partial charge in [0.05, 0.1) is 11.3 Å². The molecular weight excluding hydrogens is 222 g/mol. The number of anilines is 1. The number of hydrogen-bond acceptors (Lipinski definition) is 3. The molecule has 1 aromatic carbocycles. The summed E-state index contributed by atoms with van der Waals surface area (Å²) in [6.07, 6.45) is -1.49. The maximum atomic E-state index is 11.3. The molecule has 0 aromatic heterocycles. The van der Waals surface area contributed by atoms with Crippen LogP contribution in [0.1, 0.15) is 10.4 Å². The second-order valence-electron chi connectivity index (χ2n) is 2.91. The minimum Gasteiger partial charge on any atom is -0.464 e. The first kappa shape index (κ1) is 9.67. The van der Waals surface area contributed by atoms with Crippen LogP contribution in [-0.2, 0) is 4.79 Å². The number of halogens is 1. The highest BCUT2D eigenvalue weighted by molar-refractivity contribution is 6.56. The molecule has 0 spiro atoms. The molecule has 2 rings (SSSR count). The van der Waals surface area contributed by atoms with Gasteiger partial charge in [-0.05, 0) is 18.2 Å². The number of imide groups is 1. The van der Waals surface area contributed by atoms with Crippen molar-refractivity contribution in [2.45, 2.75) is 0 Å². The van der Waals surface area contributed by atoms with Crippen molar-refractivity contribution in [3.05, 3.63) is 28.8 Å². The number of Topliss-reactive ketones (excluding diaryl/α,β-unsaturated/α-hetero) is 1. The summed E-state index contributed by atoms with van der Waals surface area (Å²) in [5, 5.41) is 9.02. The van der Waals surface area contributed by atoms with Crippen LogP contribution in [0.3, 0.4) is 0 Å². The molecule has 1 aromatic rings. The van der Waals surface area contributed by atoms with E-state index in [1.807, 2.05) is 0 Å². The predicted molar refractivity (Wildman–Crippen MR) is 51.3 cm³/mol. The summed E-state index contributed by atoms with van der Waals surface area (Å²) in [4.78, 5) is 33.7. The Kier molecular flexibility index (Phi) is 1.97. The topological polar surface area (TPSA) is 74.7 Å². The predicted octanol–water partition coefficient (Wildman–Crippen LogP) is 1.55. The number of amides is 2. The van der Waals surface area contributed by atoms with E-state index in [4.69, 9.17) is 16.7 Å². The maximum Gasteiger partial charge on any atom is 0.419 e. The molecule has 76 valence electrons. The molecule has 0 radical (unpaired) electrons. The number of carboxylic acid groups (broad SMARTS) is 1. The Morgan fingerprint density at radius 3 is 2.60 bits per heavy atom. The van der Waals surface area contributed by atoms with Crippen molar-refractivity contribution < 1.29 is 19.5 Å². The van der Waals surface area contributed by atoms with Gasteiger partial charge in [-0.1, -0.05) is 11.6 Å². The number of fused-ring (bicyclic) bond motifs is 1. The van der Waals surface area contributed by atoms with Gasteiger partial charge in [0.15, 0.2) is 0 Å². The van der Waals surface area contributed by atoms with Gasteiger partial charge in [0, 0.05) is 5.02 Å². The van der Waals surface area contributed by atoms with Crippen LogP contribution in [0.15, 0.2) is 18.2 Å². The van der Waals surface area contributed by atoms with Crippen LogP contribution in [0, 0.1) is 0 Å². The highest BCUT2D eigenvalue weighted by Gasteiger charge is 2.39. The molecule has 1 aliphatic rings. The summed E-state index contributed by atoms with van der Waals surface area (Å²) in [5.41, 5.74) is 0.0804. The smallest absolute Gasteiger partial charge is 0.419 e. The van der Waals surface area contributed by atoms with Crippen LogP contribution in [-0.4, -0.2) is 22.9 Å². The molecule has 5 nitrogen and oxygen atoms in total. The zero-order valence-electron chi connectivity index (χ0n) is 7.23. The van der Waals surface area contributed by atoms with Gasteiger partial charge in [-0.2, -0.15) is 0 Å². The van der Waals surface area contributed by atoms with Crippen molar-refractivity contribution >= 4 is 35.1 Å². The number of nitrogens with zero attached hydrogens (tertiary/aromatic N) is 1. The number of benzene rings is 1. The van der Waals surface area contributed by atoms with E-state index >= 15 is 0 Å². The highest BCUT2D eigenvalue weighted by Crippen LogP contribution is 2.31. The van der Waals surface area contributed by atoms with E-state index in [1.165, 1.54) is 18.2 Å². The molecule has 15 heavy (non-hydrogen) atoms. The molecule has 1 heterocycles. The first-order valence-electron chi connectivity index (χ1n) is 3.93. The van der Waals surface area contributed by atoms with Crippen molar-refractivity contribution in [1.29, 1.82) is 0 Å². The molecule has 2 amide bonds. The molecule has 0 fully saturated rings. The molecule has 1 N–H and O–H groups in total. The van der Waals surface area contributed by atoms with E-state index in [1.54, 1.807) is 0 Å². The van der Waals surface area contributed by atoms with Gasteiger partial charge in [-0.25, -0.2) is 9.69 Å². The average molecular weight is 226 g/mol. The summed E-state index contributed by atoms with van der Waals surface area (Å²) in [6, 6.07) is 4.03. The van der Waals surface area contributed by atoms with E-state index in [0.29, 0.717) is 4.90 Å². The largest absolute Gasteiger partial charge is 0.464 e. The third-order valence-corrected chi connectivity index (χ3v) is 2.27. The van der Waals surface area contributed by atoms with Crippen LogP contribution >= 0.6 is 11.6 Å². The Balaban J connectivity index is 2.67. The summed E-state index contributed by atoms with van der Waals surface area (Å²) >= 11 is 5.65. The number of carbonyl (C=O) groups is 3. The first-order valence-corrected chi connectivity index (χ1v) is 4.31. The lowest BCUT2D eigenvalue weighted by Crippen LogP contribution is -2.34. The van der Waals surface area contributed by atoms with E-state index in [-0.39, 0.29) is 16.3 Å². The van der Waals surface area contributed by atoms with Crippen molar-refractivity contribution in [2.24, 2.45) is 0 Å². The lowest BCUT2D eigenvalue weighted by atomic mass is 10.1. The van der Waals surface area contributed by atoms with Gasteiger partial charge in [0.2, 0.25) is 0 Å². The van der Waals surface area contributed by atoms with Crippen LogP contribution in [0.4, 0.5) is 10.5 Å². The first-order chi connectivity index (χ1) is 7.02. The third-order valence-electron chi connectivity index (χ3n) is 2.03. The molecule has 6 heteroatoms. The van der Waals surface area contributed by atoms with Crippen LogP contribution < -0.4 is 4.90 Å². The summed E-state index contributed by atoms with van der Waals surface area (Å²) in [7, 11) is 0. The minimum absolute atomic E-state index is 0.0185. The maximum absolute atomic E-state index is 11.3.